The predicted molar refractivity (Wildman–Crippen MR) is 91.7 cm³/mol. The molecule has 0 spiro atoms. The molecule has 4 N–H and O–H groups in total. The molecule has 0 saturated carbocycles. The topological polar surface area (TPSA) is 89.8 Å². The fourth-order valence-corrected chi connectivity index (χ4v) is 2.59. The number of hydrogen-bond donors (Lipinski definition) is 2. The van der Waals surface area contributed by atoms with E-state index >= 15 is 0 Å². The lowest BCUT2D eigenvalue weighted by Gasteiger charge is -2.10. The fourth-order valence-electron chi connectivity index (χ4n) is 1.87. The molecule has 0 atom stereocenters. The van der Waals surface area contributed by atoms with E-state index in [1.165, 1.54) is 11.3 Å². The monoisotopic (exact) mass is 319 g/mol. The molecule has 1 aromatic carbocycles. The first kappa shape index (κ1) is 16.3. The van der Waals surface area contributed by atoms with E-state index in [4.69, 9.17) is 16.2 Å². The molecule has 6 nitrogen and oxygen atoms in total. The lowest BCUT2D eigenvalue weighted by atomic mass is 10.2. The molecule has 0 saturated heterocycles. The second-order valence-corrected chi connectivity index (χ2v) is 5.92. The lowest BCUT2D eigenvalue weighted by molar-refractivity contribution is 0.281. The fraction of sp³-hybridized carbons (Fsp3) is 0.333. The minimum atomic E-state index is 0.0128. The molecule has 118 valence electrons. The highest BCUT2D eigenvalue weighted by Crippen LogP contribution is 2.28. The number of aliphatic imine (C=N–C) groups is 1. The van der Waals surface area contributed by atoms with Gasteiger partial charge in [0.05, 0.1) is 12.3 Å². The van der Waals surface area contributed by atoms with Gasteiger partial charge in [-0.25, -0.2) is 4.98 Å². The van der Waals surface area contributed by atoms with Gasteiger partial charge in [-0.05, 0) is 32.6 Å². The molecule has 1 heterocycles. The van der Waals surface area contributed by atoms with Crippen LogP contribution in [0.25, 0.3) is 11.3 Å². The van der Waals surface area contributed by atoms with Gasteiger partial charge in [0, 0.05) is 17.5 Å². The van der Waals surface area contributed by atoms with Crippen molar-refractivity contribution in [3.8, 4) is 17.0 Å². The molecule has 2 rings (SSSR count). The van der Waals surface area contributed by atoms with Crippen LogP contribution in [0.5, 0.6) is 5.75 Å². The van der Waals surface area contributed by atoms with Crippen molar-refractivity contribution < 1.29 is 4.74 Å². The number of aromatic nitrogens is 1. The summed E-state index contributed by atoms with van der Waals surface area (Å²) in [6.45, 7) is 1.70. The van der Waals surface area contributed by atoms with E-state index in [2.05, 4.69) is 29.0 Å². The van der Waals surface area contributed by atoms with Crippen molar-refractivity contribution in [1.29, 1.82) is 0 Å². The number of nitrogens with two attached hydrogens (primary N) is 2. The highest BCUT2D eigenvalue weighted by atomic mass is 32.1. The molecule has 0 aliphatic heterocycles. The molecule has 0 fully saturated rings. The zero-order valence-corrected chi connectivity index (χ0v) is 13.6. The smallest absolute Gasteiger partial charge is 0.212 e. The number of guanidine groups is 1. The molecule has 22 heavy (non-hydrogen) atoms. The Balaban J connectivity index is 2.01. The molecule has 0 aliphatic carbocycles. The standard InChI is InChI=1S/C15H21N5OS/c1-20(2)7-4-8-21-12-6-3-5-11(9-12)13-10-22-15(18-13)19-14(16)17/h3,5-6,9-10H,4,7-8H2,1-2H3,(H4,16,17,18,19). The largest absolute Gasteiger partial charge is 0.494 e. The Morgan fingerprint density at radius 3 is 2.91 bits per heavy atom. The summed E-state index contributed by atoms with van der Waals surface area (Å²) in [5.74, 6) is 0.853. The van der Waals surface area contributed by atoms with Gasteiger partial charge in [-0.15, -0.1) is 11.3 Å². The third-order valence-electron chi connectivity index (χ3n) is 2.86. The molecular formula is C15H21N5OS. The van der Waals surface area contributed by atoms with E-state index in [-0.39, 0.29) is 5.96 Å². The Morgan fingerprint density at radius 1 is 1.36 bits per heavy atom. The van der Waals surface area contributed by atoms with Crippen LogP contribution in [0.1, 0.15) is 6.42 Å². The van der Waals surface area contributed by atoms with Crippen LogP contribution in [0.4, 0.5) is 5.13 Å². The molecule has 2 aromatic rings. The number of hydrogen-bond acceptors (Lipinski definition) is 5. The van der Waals surface area contributed by atoms with Crippen molar-refractivity contribution in [2.45, 2.75) is 6.42 Å². The summed E-state index contributed by atoms with van der Waals surface area (Å²) >= 11 is 1.40. The second-order valence-electron chi connectivity index (χ2n) is 5.09. The van der Waals surface area contributed by atoms with Crippen LogP contribution in [0.3, 0.4) is 0 Å². The second kappa shape index (κ2) is 7.77. The minimum absolute atomic E-state index is 0.0128. The number of rotatable bonds is 7. The van der Waals surface area contributed by atoms with Crippen molar-refractivity contribution in [1.82, 2.24) is 9.88 Å². The van der Waals surface area contributed by atoms with Gasteiger partial charge in [0.1, 0.15) is 5.75 Å². The van der Waals surface area contributed by atoms with E-state index in [9.17, 15) is 0 Å². The number of nitrogens with zero attached hydrogens (tertiary/aromatic N) is 3. The predicted octanol–water partition coefficient (Wildman–Crippen LogP) is 2.05. The summed E-state index contributed by atoms with van der Waals surface area (Å²) < 4.78 is 5.77. The summed E-state index contributed by atoms with van der Waals surface area (Å²) in [7, 11) is 4.11. The van der Waals surface area contributed by atoms with E-state index < -0.39 is 0 Å². The van der Waals surface area contributed by atoms with Crippen molar-refractivity contribution in [3.63, 3.8) is 0 Å². The SMILES string of the molecule is CN(C)CCCOc1cccc(-c2csc(N=C(N)N)n2)c1. The Hall–Kier alpha value is -2.12. The Kier molecular flexibility index (Phi) is 5.74. The Morgan fingerprint density at radius 2 is 2.18 bits per heavy atom. The molecule has 0 bridgehead atoms. The average molecular weight is 319 g/mol. The van der Waals surface area contributed by atoms with Gasteiger partial charge >= 0.3 is 0 Å². The Bertz CT molecular complexity index is 634. The maximum atomic E-state index is 5.77. The van der Waals surface area contributed by atoms with Crippen molar-refractivity contribution in [2.24, 2.45) is 16.5 Å². The molecule has 0 aliphatic rings. The van der Waals surface area contributed by atoms with E-state index in [1.54, 1.807) is 0 Å². The van der Waals surface area contributed by atoms with Crippen LogP contribution < -0.4 is 16.2 Å². The summed E-state index contributed by atoms with van der Waals surface area (Å²) in [4.78, 5) is 10.5. The van der Waals surface area contributed by atoms with Crippen LogP contribution in [-0.2, 0) is 0 Å². The van der Waals surface area contributed by atoms with Gasteiger partial charge in [0.25, 0.3) is 0 Å². The molecule has 0 unspecified atom stereocenters. The van der Waals surface area contributed by atoms with Gasteiger partial charge in [-0.2, -0.15) is 4.99 Å². The molecule has 0 amide bonds. The Labute approximate surface area is 134 Å². The van der Waals surface area contributed by atoms with Crippen LogP contribution in [0.15, 0.2) is 34.6 Å². The summed E-state index contributed by atoms with van der Waals surface area (Å²) in [5, 5.41) is 2.47. The summed E-state index contributed by atoms with van der Waals surface area (Å²) in [6, 6.07) is 7.86. The van der Waals surface area contributed by atoms with Crippen molar-refractivity contribution >= 4 is 22.4 Å². The summed E-state index contributed by atoms with van der Waals surface area (Å²) in [6.07, 6.45) is 0.989. The first-order valence-electron chi connectivity index (χ1n) is 6.98. The van der Waals surface area contributed by atoms with Crippen molar-refractivity contribution in [2.75, 3.05) is 27.2 Å². The molecule has 1 aromatic heterocycles. The summed E-state index contributed by atoms with van der Waals surface area (Å²) in [5.41, 5.74) is 12.5. The third kappa shape index (κ3) is 5.01. The average Bonchev–Trinajstić information content (AvgIpc) is 2.91. The van der Waals surface area contributed by atoms with Crippen LogP contribution in [-0.4, -0.2) is 43.1 Å². The highest BCUT2D eigenvalue weighted by Gasteiger charge is 2.05. The zero-order valence-electron chi connectivity index (χ0n) is 12.8. The van der Waals surface area contributed by atoms with Gasteiger partial charge in [-0.3, -0.25) is 0 Å². The maximum Gasteiger partial charge on any atom is 0.212 e. The van der Waals surface area contributed by atoms with Crippen LogP contribution in [0.2, 0.25) is 0 Å². The van der Waals surface area contributed by atoms with Crippen LogP contribution >= 0.6 is 11.3 Å². The minimum Gasteiger partial charge on any atom is -0.494 e. The number of benzene rings is 1. The normalized spacial score (nSPS) is 10.7. The highest BCUT2D eigenvalue weighted by molar-refractivity contribution is 7.13. The van der Waals surface area contributed by atoms with Gasteiger partial charge in [0.2, 0.25) is 5.13 Å². The van der Waals surface area contributed by atoms with E-state index in [1.807, 2.05) is 29.6 Å². The number of thiazole rings is 1. The van der Waals surface area contributed by atoms with Gasteiger partial charge in [-0.1, -0.05) is 12.1 Å². The van der Waals surface area contributed by atoms with Gasteiger partial charge in [0.15, 0.2) is 5.96 Å². The maximum absolute atomic E-state index is 5.77. The van der Waals surface area contributed by atoms with Gasteiger partial charge < -0.3 is 21.1 Å². The molecule has 0 radical (unpaired) electrons. The first-order valence-corrected chi connectivity index (χ1v) is 7.85. The first-order chi connectivity index (χ1) is 10.5. The van der Waals surface area contributed by atoms with Crippen LogP contribution in [0, 0.1) is 0 Å². The molecular weight excluding hydrogens is 298 g/mol. The van der Waals surface area contributed by atoms with Crippen molar-refractivity contribution in [3.05, 3.63) is 29.6 Å². The quantitative estimate of drug-likeness (QED) is 0.463. The molecule has 7 heteroatoms. The van der Waals surface area contributed by atoms with E-state index in [0.717, 1.165) is 30.0 Å². The zero-order chi connectivity index (χ0) is 15.9. The number of ether oxygens (including phenoxy) is 1. The lowest BCUT2D eigenvalue weighted by Crippen LogP contribution is -2.21. The third-order valence-corrected chi connectivity index (χ3v) is 3.60. The van der Waals surface area contributed by atoms with E-state index in [0.29, 0.717) is 11.7 Å².